The molecule has 0 bridgehead atoms. The van der Waals surface area contributed by atoms with Gasteiger partial charge in [0.2, 0.25) is 0 Å². The average Bonchev–Trinajstić information content (AvgIpc) is 2.52. The van der Waals surface area contributed by atoms with Gasteiger partial charge in [-0.25, -0.2) is 0 Å². The fourth-order valence-electron chi connectivity index (χ4n) is 2.82. The second kappa shape index (κ2) is 7.24. The number of hydrogen-bond acceptors (Lipinski definition) is 4. The lowest BCUT2D eigenvalue weighted by molar-refractivity contribution is -0.0222. The molecule has 5 heteroatoms. The van der Waals surface area contributed by atoms with Gasteiger partial charge in [0.1, 0.15) is 5.69 Å². The van der Waals surface area contributed by atoms with Crippen LogP contribution in [0.1, 0.15) is 50.3 Å². The molecular formula is C15H23N3O2. The third-order valence-electron chi connectivity index (χ3n) is 4.02. The van der Waals surface area contributed by atoms with Crippen molar-refractivity contribution in [3.05, 3.63) is 29.6 Å². The number of rotatable bonds is 5. The summed E-state index contributed by atoms with van der Waals surface area (Å²) >= 11 is 0. The summed E-state index contributed by atoms with van der Waals surface area (Å²) in [5.74, 6) is 0.699. The van der Waals surface area contributed by atoms with Gasteiger partial charge in [-0.15, -0.1) is 0 Å². The van der Waals surface area contributed by atoms with E-state index in [4.69, 9.17) is 15.7 Å². The van der Waals surface area contributed by atoms with Crippen LogP contribution in [0.25, 0.3) is 0 Å². The Morgan fingerprint density at radius 3 is 3.05 bits per heavy atom. The van der Waals surface area contributed by atoms with E-state index in [1.54, 1.807) is 12.3 Å². The highest BCUT2D eigenvalue weighted by Crippen LogP contribution is 2.29. The Kier molecular flexibility index (Phi) is 5.35. The lowest BCUT2D eigenvalue weighted by atomic mass is 9.85. The van der Waals surface area contributed by atoms with Crippen LogP contribution in [-0.4, -0.2) is 22.1 Å². The first-order valence-corrected chi connectivity index (χ1v) is 7.29. The number of aromatic nitrogens is 1. The molecule has 1 heterocycles. The summed E-state index contributed by atoms with van der Waals surface area (Å²) in [6.07, 6.45) is 8.19. The fraction of sp³-hybridized carbons (Fsp3) is 0.600. The van der Waals surface area contributed by atoms with E-state index in [0.717, 1.165) is 12.0 Å². The molecule has 1 aromatic heterocycles. The molecule has 1 aliphatic carbocycles. The Labute approximate surface area is 119 Å². The smallest absolute Gasteiger partial charge is 0.188 e. The van der Waals surface area contributed by atoms with Crippen LogP contribution in [-0.2, 0) is 11.3 Å². The van der Waals surface area contributed by atoms with E-state index >= 15 is 0 Å². The van der Waals surface area contributed by atoms with E-state index < -0.39 is 0 Å². The topological polar surface area (TPSA) is 80.7 Å². The van der Waals surface area contributed by atoms with Crippen molar-refractivity contribution in [2.24, 2.45) is 16.8 Å². The zero-order valence-corrected chi connectivity index (χ0v) is 12.0. The van der Waals surface area contributed by atoms with Crippen molar-refractivity contribution in [2.45, 2.75) is 51.7 Å². The Morgan fingerprint density at radius 1 is 1.50 bits per heavy atom. The molecule has 1 saturated carbocycles. The first-order chi connectivity index (χ1) is 9.74. The summed E-state index contributed by atoms with van der Waals surface area (Å²) in [6.45, 7) is 2.78. The minimum absolute atomic E-state index is 0.0240. The summed E-state index contributed by atoms with van der Waals surface area (Å²) in [4.78, 5) is 4.06. The van der Waals surface area contributed by atoms with Crippen molar-refractivity contribution >= 4 is 5.84 Å². The zero-order chi connectivity index (χ0) is 14.4. The molecule has 2 atom stereocenters. The number of hydrogen-bond donors (Lipinski definition) is 2. The summed E-state index contributed by atoms with van der Waals surface area (Å²) in [5, 5.41) is 11.6. The van der Waals surface area contributed by atoms with Gasteiger partial charge in [0.25, 0.3) is 0 Å². The molecule has 110 valence electrons. The van der Waals surface area contributed by atoms with Gasteiger partial charge in [-0.1, -0.05) is 31.3 Å². The summed E-state index contributed by atoms with van der Waals surface area (Å²) in [5.41, 5.74) is 7.02. The van der Waals surface area contributed by atoms with E-state index in [1.165, 1.54) is 25.7 Å². The molecule has 20 heavy (non-hydrogen) atoms. The van der Waals surface area contributed by atoms with Crippen LogP contribution >= 0.6 is 0 Å². The molecule has 3 N–H and O–H groups in total. The fourth-order valence-corrected chi connectivity index (χ4v) is 2.82. The standard InChI is InChI=1S/C15H23N3O2/c1-2-12-5-3-4-6-14(12)20-10-11-7-8-17-13(9-11)15(16)18-19/h7-9,12,14,19H,2-6,10H2,1H3,(H2,16,18). The van der Waals surface area contributed by atoms with Gasteiger partial charge >= 0.3 is 0 Å². The molecule has 2 rings (SSSR count). The summed E-state index contributed by atoms with van der Waals surface area (Å²) in [6, 6.07) is 3.71. The van der Waals surface area contributed by atoms with Crippen LogP contribution in [0.4, 0.5) is 0 Å². The van der Waals surface area contributed by atoms with Gasteiger partial charge in [0.05, 0.1) is 12.7 Å². The van der Waals surface area contributed by atoms with Crippen molar-refractivity contribution in [3.63, 3.8) is 0 Å². The SMILES string of the molecule is CCC1CCCCC1OCc1ccnc(C(N)=NO)c1. The largest absolute Gasteiger partial charge is 0.409 e. The molecule has 1 aromatic rings. The lowest BCUT2D eigenvalue weighted by Gasteiger charge is -2.30. The number of ether oxygens (including phenoxy) is 1. The first-order valence-electron chi connectivity index (χ1n) is 7.29. The van der Waals surface area contributed by atoms with Crippen molar-refractivity contribution in [1.82, 2.24) is 4.98 Å². The van der Waals surface area contributed by atoms with E-state index in [9.17, 15) is 0 Å². The third kappa shape index (κ3) is 3.70. The minimum Gasteiger partial charge on any atom is -0.409 e. The first kappa shape index (κ1) is 14.8. The zero-order valence-electron chi connectivity index (χ0n) is 12.0. The van der Waals surface area contributed by atoms with E-state index in [0.29, 0.717) is 24.3 Å². The molecule has 0 saturated heterocycles. The van der Waals surface area contributed by atoms with Crippen LogP contribution in [0.15, 0.2) is 23.5 Å². The summed E-state index contributed by atoms with van der Waals surface area (Å²) in [7, 11) is 0. The predicted octanol–water partition coefficient (Wildman–Crippen LogP) is 2.66. The monoisotopic (exact) mass is 277 g/mol. The van der Waals surface area contributed by atoms with E-state index in [1.807, 2.05) is 6.07 Å². The molecule has 5 nitrogen and oxygen atoms in total. The van der Waals surface area contributed by atoms with E-state index in [2.05, 4.69) is 17.1 Å². The average molecular weight is 277 g/mol. The van der Waals surface area contributed by atoms with Crippen LogP contribution in [0.3, 0.4) is 0 Å². The van der Waals surface area contributed by atoms with Gasteiger partial charge < -0.3 is 15.7 Å². The highest BCUT2D eigenvalue weighted by atomic mass is 16.5. The van der Waals surface area contributed by atoms with Gasteiger partial charge in [0.15, 0.2) is 5.84 Å². The van der Waals surface area contributed by atoms with Gasteiger partial charge in [0, 0.05) is 6.20 Å². The molecular weight excluding hydrogens is 254 g/mol. The Morgan fingerprint density at radius 2 is 2.30 bits per heavy atom. The molecule has 0 radical (unpaired) electrons. The molecule has 0 spiro atoms. The number of pyridine rings is 1. The minimum atomic E-state index is 0.0240. The number of nitrogens with two attached hydrogens (primary N) is 1. The second-order valence-electron chi connectivity index (χ2n) is 5.34. The molecule has 1 aliphatic rings. The van der Waals surface area contributed by atoms with E-state index in [-0.39, 0.29) is 5.84 Å². The quantitative estimate of drug-likeness (QED) is 0.375. The van der Waals surface area contributed by atoms with Crippen molar-refractivity contribution in [1.29, 1.82) is 0 Å². The predicted molar refractivity (Wildman–Crippen MR) is 77.6 cm³/mol. The highest BCUT2D eigenvalue weighted by Gasteiger charge is 2.24. The Bertz CT molecular complexity index is 462. The normalized spacial score (nSPS) is 23.8. The van der Waals surface area contributed by atoms with Crippen LogP contribution in [0, 0.1) is 5.92 Å². The third-order valence-corrected chi connectivity index (χ3v) is 4.02. The van der Waals surface area contributed by atoms with Gasteiger partial charge in [-0.3, -0.25) is 4.98 Å². The molecule has 0 aromatic carbocycles. The molecule has 2 unspecified atom stereocenters. The summed E-state index contributed by atoms with van der Waals surface area (Å²) < 4.78 is 6.07. The van der Waals surface area contributed by atoms with Crippen molar-refractivity contribution in [2.75, 3.05) is 0 Å². The maximum atomic E-state index is 8.67. The van der Waals surface area contributed by atoms with Gasteiger partial charge in [-0.2, -0.15) is 0 Å². The Balaban J connectivity index is 1.96. The molecule has 1 fully saturated rings. The number of oxime groups is 1. The van der Waals surface area contributed by atoms with Crippen molar-refractivity contribution in [3.8, 4) is 0 Å². The molecule has 0 amide bonds. The Hall–Kier alpha value is -1.62. The number of amidine groups is 1. The number of nitrogens with zero attached hydrogens (tertiary/aromatic N) is 2. The van der Waals surface area contributed by atoms with Crippen molar-refractivity contribution < 1.29 is 9.94 Å². The van der Waals surface area contributed by atoms with Gasteiger partial charge in [-0.05, 0) is 36.5 Å². The van der Waals surface area contributed by atoms with Crippen LogP contribution in [0.5, 0.6) is 0 Å². The molecule has 0 aliphatic heterocycles. The lowest BCUT2D eigenvalue weighted by Crippen LogP contribution is -2.27. The maximum Gasteiger partial charge on any atom is 0.188 e. The van der Waals surface area contributed by atoms with Crippen LogP contribution < -0.4 is 5.73 Å². The highest BCUT2D eigenvalue weighted by molar-refractivity contribution is 5.95. The maximum absolute atomic E-state index is 8.67. The van der Waals surface area contributed by atoms with Crippen LogP contribution in [0.2, 0.25) is 0 Å². The second-order valence-corrected chi connectivity index (χ2v) is 5.34.